The van der Waals surface area contributed by atoms with Crippen LogP contribution in [0.15, 0.2) is 60.0 Å². The van der Waals surface area contributed by atoms with E-state index in [1.165, 1.54) is 0 Å². The molecule has 0 spiro atoms. The van der Waals surface area contributed by atoms with Gasteiger partial charge in [0.05, 0.1) is 17.0 Å². The second-order valence-corrected chi connectivity index (χ2v) is 7.41. The Balaban J connectivity index is 1.70. The third-order valence-corrected chi connectivity index (χ3v) is 5.75. The average Bonchev–Trinajstić information content (AvgIpc) is 3.00. The van der Waals surface area contributed by atoms with Crippen molar-refractivity contribution >= 4 is 57.9 Å². The fraction of sp³-hybridized carbons (Fsp3) is 0.111. The number of nitrogens with zero attached hydrogens (tertiary/aromatic N) is 1. The molecule has 1 fully saturated rings. The van der Waals surface area contributed by atoms with Crippen LogP contribution in [0.4, 0.5) is 5.69 Å². The van der Waals surface area contributed by atoms with Gasteiger partial charge in [0.25, 0.3) is 0 Å². The minimum atomic E-state index is -0.275. The number of benzene rings is 2. The van der Waals surface area contributed by atoms with Crippen LogP contribution < -0.4 is 10.2 Å². The van der Waals surface area contributed by atoms with Crippen molar-refractivity contribution in [2.24, 2.45) is 5.92 Å². The van der Waals surface area contributed by atoms with Crippen LogP contribution in [0, 0.1) is 5.92 Å². The van der Waals surface area contributed by atoms with Gasteiger partial charge in [0, 0.05) is 5.02 Å². The number of hydrogen-bond acceptors (Lipinski definition) is 3. The molecule has 2 aromatic rings. The van der Waals surface area contributed by atoms with Crippen LogP contribution in [0.3, 0.4) is 0 Å². The molecule has 2 heterocycles. The lowest BCUT2D eigenvalue weighted by molar-refractivity contribution is -0.120. The number of para-hydroxylation sites is 1. The highest BCUT2D eigenvalue weighted by Crippen LogP contribution is 2.43. The van der Waals surface area contributed by atoms with Gasteiger partial charge in [-0.25, -0.2) is 0 Å². The highest BCUT2D eigenvalue weighted by atomic mass is 35.5. The SMILES string of the molecule is O=C1C2C(c3ccc(Cl)cc3)=CSC2NC(=S)N1c1ccccc1. The Morgan fingerprint density at radius 2 is 1.79 bits per heavy atom. The fourth-order valence-corrected chi connectivity index (χ4v) is 4.68. The summed E-state index contributed by atoms with van der Waals surface area (Å²) in [7, 11) is 0. The number of carbonyl (C=O) groups is 1. The molecular formula is C18H13ClN2OS2. The summed E-state index contributed by atoms with van der Waals surface area (Å²) in [6.45, 7) is 0. The molecule has 0 aliphatic carbocycles. The molecule has 2 atom stereocenters. The number of amides is 1. The molecule has 6 heteroatoms. The minimum Gasteiger partial charge on any atom is -0.349 e. The predicted molar refractivity (Wildman–Crippen MR) is 104 cm³/mol. The van der Waals surface area contributed by atoms with Gasteiger partial charge in [-0.05, 0) is 53.0 Å². The molecule has 2 aliphatic rings. The minimum absolute atomic E-state index is 0.00106. The van der Waals surface area contributed by atoms with Crippen molar-refractivity contribution in [3.8, 4) is 0 Å². The second-order valence-electron chi connectivity index (χ2n) is 5.57. The van der Waals surface area contributed by atoms with Gasteiger partial charge in [0.15, 0.2) is 5.11 Å². The molecule has 3 nitrogen and oxygen atoms in total. The van der Waals surface area contributed by atoms with E-state index in [1.54, 1.807) is 16.7 Å². The number of thiocarbonyl (C=S) groups is 1. The molecule has 2 aromatic carbocycles. The van der Waals surface area contributed by atoms with E-state index in [2.05, 4.69) is 5.32 Å². The lowest BCUT2D eigenvalue weighted by Gasteiger charge is -2.36. The highest BCUT2D eigenvalue weighted by Gasteiger charge is 2.45. The number of carbonyl (C=O) groups excluding carboxylic acids is 1. The Labute approximate surface area is 154 Å². The summed E-state index contributed by atoms with van der Waals surface area (Å²) in [6.07, 6.45) is 0. The van der Waals surface area contributed by atoms with Crippen LogP contribution in [-0.4, -0.2) is 16.4 Å². The van der Waals surface area contributed by atoms with Gasteiger partial charge in [-0.2, -0.15) is 0 Å². The molecule has 2 aliphatic heterocycles. The third-order valence-electron chi connectivity index (χ3n) is 4.13. The Bertz CT molecular complexity index is 836. The van der Waals surface area contributed by atoms with Gasteiger partial charge in [-0.1, -0.05) is 41.9 Å². The van der Waals surface area contributed by atoms with Gasteiger partial charge in [-0.3, -0.25) is 9.69 Å². The Hall–Kier alpha value is -1.82. The van der Waals surface area contributed by atoms with Crippen molar-refractivity contribution in [1.29, 1.82) is 0 Å². The van der Waals surface area contributed by atoms with Crippen LogP contribution in [0.25, 0.3) is 5.57 Å². The zero-order chi connectivity index (χ0) is 16.7. The zero-order valence-electron chi connectivity index (χ0n) is 12.5. The molecule has 0 saturated carbocycles. The summed E-state index contributed by atoms with van der Waals surface area (Å²) < 4.78 is 0. The van der Waals surface area contributed by atoms with Crippen LogP contribution in [0.1, 0.15) is 5.56 Å². The topological polar surface area (TPSA) is 32.3 Å². The van der Waals surface area contributed by atoms with Gasteiger partial charge < -0.3 is 5.32 Å². The first-order chi connectivity index (χ1) is 11.6. The van der Waals surface area contributed by atoms with Crippen molar-refractivity contribution in [3.05, 3.63) is 70.6 Å². The molecule has 0 radical (unpaired) electrons. The van der Waals surface area contributed by atoms with Gasteiger partial charge >= 0.3 is 0 Å². The third kappa shape index (κ3) is 2.62. The standard InChI is InChI=1S/C18H13ClN2OS2/c19-12-8-6-11(7-9-12)14-10-24-16-15(14)17(22)21(18(23)20-16)13-4-2-1-3-5-13/h1-10,15-16H,(H,20,23). The van der Waals surface area contributed by atoms with Crippen molar-refractivity contribution in [2.75, 3.05) is 4.90 Å². The molecule has 0 aromatic heterocycles. The molecule has 120 valence electrons. The van der Waals surface area contributed by atoms with Crippen LogP contribution in [0.5, 0.6) is 0 Å². The molecular weight excluding hydrogens is 360 g/mol. The van der Waals surface area contributed by atoms with Crippen LogP contribution >= 0.6 is 35.6 Å². The van der Waals surface area contributed by atoms with E-state index in [1.807, 2.05) is 60.0 Å². The first-order valence-electron chi connectivity index (χ1n) is 7.46. The van der Waals surface area contributed by atoms with Crippen LogP contribution in [-0.2, 0) is 4.79 Å². The summed E-state index contributed by atoms with van der Waals surface area (Å²) in [4.78, 5) is 14.8. The van der Waals surface area contributed by atoms with E-state index >= 15 is 0 Å². The Morgan fingerprint density at radius 3 is 2.50 bits per heavy atom. The number of halogens is 1. The quantitative estimate of drug-likeness (QED) is 0.797. The molecule has 1 saturated heterocycles. The zero-order valence-corrected chi connectivity index (χ0v) is 14.9. The molecule has 1 amide bonds. The second kappa shape index (κ2) is 6.24. The monoisotopic (exact) mass is 372 g/mol. The maximum Gasteiger partial charge on any atom is 0.243 e. The van der Waals surface area contributed by atoms with Crippen LogP contribution in [0.2, 0.25) is 5.02 Å². The fourth-order valence-electron chi connectivity index (χ4n) is 2.98. The smallest absolute Gasteiger partial charge is 0.243 e. The van der Waals surface area contributed by atoms with Crippen molar-refractivity contribution in [3.63, 3.8) is 0 Å². The maximum atomic E-state index is 13.2. The summed E-state index contributed by atoms with van der Waals surface area (Å²) in [6, 6.07) is 17.1. The first kappa shape index (κ1) is 15.7. The lowest BCUT2D eigenvalue weighted by atomic mass is 9.91. The number of anilines is 1. The summed E-state index contributed by atoms with van der Waals surface area (Å²) in [5, 5.41) is 6.40. The summed E-state index contributed by atoms with van der Waals surface area (Å²) >= 11 is 13.0. The van der Waals surface area contributed by atoms with E-state index in [0.717, 1.165) is 16.8 Å². The predicted octanol–water partition coefficient (Wildman–Crippen LogP) is 4.29. The van der Waals surface area contributed by atoms with Crippen molar-refractivity contribution in [1.82, 2.24) is 5.32 Å². The van der Waals surface area contributed by atoms with Crippen molar-refractivity contribution in [2.45, 2.75) is 5.37 Å². The van der Waals surface area contributed by atoms with E-state index in [0.29, 0.717) is 10.1 Å². The molecule has 4 rings (SSSR count). The maximum absolute atomic E-state index is 13.2. The Kier molecular flexibility index (Phi) is 4.08. The van der Waals surface area contributed by atoms with E-state index < -0.39 is 0 Å². The summed E-state index contributed by atoms with van der Waals surface area (Å²) in [5.74, 6) is -0.274. The number of rotatable bonds is 2. The van der Waals surface area contributed by atoms with E-state index in [9.17, 15) is 4.79 Å². The summed E-state index contributed by atoms with van der Waals surface area (Å²) in [5.41, 5.74) is 2.80. The highest BCUT2D eigenvalue weighted by molar-refractivity contribution is 8.03. The molecule has 2 unspecified atom stereocenters. The number of nitrogens with one attached hydrogen (secondary N) is 1. The molecule has 1 N–H and O–H groups in total. The Morgan fingerprint density at radius 1 is 1.08 bits per heavy atom. The van der Waals surface area contributed by atoms with E-state index in [-0.39, 0.29) is 17.2 Å². The average molecular weight is 373 g/mol. The van der Waals surface area contributed by atoms with Crippen molar-refractivity contribution < 1.29 is 4.79 Å². The molecule has 0 bridgehead atoms. The van der Waals surface area contributed by atoms with E-state index in [4.69, 9.17) is 23.8 Å². The van der Waals surface area contributed by atoms with Gasteiger partial charge in [-0.15, -0.1) is 11.8 Å². The first-order valence-corrected chi connectivity index (χ1v) is 9.19. The van der Waals surface area contributed by atoms with Gasteiger partial charge in [0.1, 0.15) is 0 Å². The van der Waals surface area contributed by atoms with Gasteiger partial charge in [0.2, 0.25) is 5.91 Å². The normalized spacial score (nSPS) is 22.9. The lowest BCUT2D eigenvalue weighted by Crippen LogP contribution is -2.58. The number of fused-ring (bicyclic) bond motifs is 1. The molecule has 24 heavy (non-hydrogen) atoms. The number of hydrogen-bond donors (Lipinski definition) is 1. The largest absolute Gasteiger partial charge is 0.349 e. The number of thioether (sulfide) groups is 1.